The lowest BCUT2D eigenvalue weighted by Gasteiger charge is -2.18. The summed E-state index contributed by atoms with van der Waals surface area (Å²) >= 11 is 0. The maximum Gasteiger partial charge on any atom is 0.254 e. The first kappa shape index (κ1) is 13.4. The van der Waals surface area contributed by atoms with Crippen LogP contribution >= 0.6 is 0 Å². The zero-order valence-corrected chi connectivity index (χ0v) is 12.0. The molecule has 0 saturated carbocycles. The molecule has 0 unspecified atom stereocenters. The number of carbonyl (C=O) groups excluding carboxylic acids is 1. The number of carbonyl (C=O) groups is 1. The number of hydrogen-bond acceptors (Lipinski definition) is 1. The third-order valence-electron chi connectivity index (χ3n) is 3.63. The molecule has 2 nitrogen and oxygen atoms in total. The second kappa shape index (κ2) is 5.80. The number of benzene rings is 3. The molecule has 0 bridgehead atoms. The van der Waals surface area contributed by atoms with E-state index in [0.29, 0.717) is 6.54 Å². The molecular weight excluding hydrogens is 258 g/mol. The van der Waals surface area contributed by atoms with Crippen molar-refractivity contribution in [3.05, 3.63) is 83.9 Å². The van der Waals surface area contributed by atoms with Crippen LogP contribution in [0.15, 0.2) is 72.8 Å². The van der Waals surface area contributed by atoms with Crippen molar-refractivity contribution in [3.63, 3.8) is 0 Å². The normalized spacial score (nSPS) is 10.5. The van der Waals surface area contributed by atoms with E-state index in [-0.39, 0.29) is 5.91 Å². The molecule has 0 aliphatic carbocycles. The van der Waals surface area contributed by atoms with E-state index in [1.165, 1.54) is 0 Å². The van der Waals surface area contributed by atoms with Crippen LogP contribution in [0.3, 0.4) is 0 Å². The standard InChI is InChI=1S/C19H17NO/c1-20(14-15-8-3-2-4-9-15)19(21)18-13-7-11-16-10-5-6-12-17(16)18/h2-13H,14H2,1H3. The minimum Gasteiger partial charge on any atom is -0.337 e. The van der Waals surface area contributed by atoms with Crippen LogP contribution in [-0.2, 0) is 6.54 Å². The fraction of sp³-hybridized carbons (Fsp3) is 0.105. The number of hydrogen-bond donors (Lipinski definition) is 0. The van der Waals surface area contributed by atoms with Crippen LogP contribution < -0.4 is 0 Å². The Hall–Kier alpha value is -2.61. The molecule has 3 aromatic carbocycles. The second-order valence-electron chi connectivity index (χ2n) is 5.17. The van der Waals surface area contributed by atoms with E-state index in [1.807, 2.05) is 79.8 Å². The lowest BCUT2D eigenvalue weighted by Crippen LogP contribution is -2.26. The third kappa shape index (κ3) is 2.79. The van der Waals surface area contributed by atoms with E-state index in [4.69, 9.17) is 0 Å². The molecule has 0 atom stereocenters. The van der Waals surface area contributed by atoms with Gasteiger partial charge < -0.3 is 4.90 Å². The van der Waals surface area contributed by atoms with Crippen molar-refractivity contribution in [1.82, 2.24) is 4.90 Å². The Morgan fingerprint density at radius 3 is 2.33 bits per heavy atom. The second-order valence-corrected chi connectivity index (χ2v) is 5.17. The molecule has 0 aromatic heterocycles. The van der Waals surface area contributed by atoms with Crippen LogP contribution in [-0.4, -0.2) is 17.9 Å². The predicted molar refractivity (Wildman–Crippen MR) is 86.2 cm³/mol. The molecule has 3 aromatic rings. The molecule has 2 heteroatoms. The average Bonchev–Trinajstić information content (AvgIpc) is 2.54. The van der Waals surface area contributed by atoms with Crippen LogP contribution in [0, 0.1) is 0 Å². The Morgan fingerprint density at radius 2 is 1.52 bits per heavy atom. The summed E-state index contributed by atoms with van der Waals surface area (Å²) in [6.45, 7) is 0.614. The summed E-state index contributed by atoms with van der Waals surface area (Å²) in [5, 5.41) is 2.10. The van der Waals surface area contributed by atoms with Crippen molar-refractivity contribution in [1.29, 1.82) is 0 Å². The van der Waals surface area contributed by atoms with Gasteiger partial charge in [0.25, 0.3) is 5.91 Å². The Kier molecular flexibility index (Phi) is 3.69. The minimum atomic E-state index is 0.0515. The molecule has 0 aliphatic rings. The molecule has 3 rings (SSSR count). The fourth-order valence-corrected chi connectivity index (χ4v) is 2.55. The van der Waals surface area contributed by atoms with Gasteiger partial charge in [0, 0.05) is 19.2 Å². The summed E-state index contributed by atoms with van der Waals surface area (Å²) in [4.78, 5) is 14.4. The van der Waals surface area contributed by atoms with Crippen LogP contribution in [0.4, 0.5) is 0 Å². The van der Waals surface area contributed by atoms with Gasteiger partial charge in [-0.25, -0.2) is 0 Å². The van der Waals surface area contributed by atoms with Gasteiger partial charge in [-0.15, -0.1) is 0 Å². The SMILES string of the molecule is CN(Cc1ccccc1)C(=O)c1cccc2ccccc12. The van der Waals surface area contributed by atoms with Gasteiger partial charge in [-0.05, 0) is 22.4 Å². The van der Waals surface area contributed by atoms with Crippen molar-refractivity contribution in [2.24, 2.45) is 0 Å². The molecule has 21 heavy (non-hydrogen) atoms. The average molecular weight is 275 g/mol. The molecular formula is C19H17NO. The van der Waals surface area contributed by atoms with E-state index in [9.17, 15) is 4.79 Å². The topological polar surface area (TPSA) is 20.3 Å². The highest BCUT2D eigenvalue weighted by atomic mass is 16.2. The zero-order chi connectivity index (χ0) is 14.7. The summed E-state index contributed by atoms with van der Waals surface area (Å²) in [5.41, 5.74) is 1.89. The summed E-state index contributed by atoms with van der Waals surface area (Å²) in [6, 6.07) is 23.9. The van der Waals surface area contributed by atoms with Gasteiger partial charge in [0.15, 0.2) is 0 Å². The van der Waals surface area contributed by atoms with Crippen molar-refractivity contribution >= 4 is 16.7 Å². The summed E-state index contributed by atoms with van der Waals surface area (Å²) < 4.78 is 0. The van der Waals surface area contributed by atoms with E-state index in [2.05, 4.69) is 0 Å². The first-order chi connectivity index (χ1) is 10.3. The van der Waals surface area contributed by atoms with Gasteiger partial charge in [0.2, 0.25) is 0 Å². The minimum absolute atomic E-state index is 0.0515. The molecule has 1 amide bonds. The Bertz CT molecular complexity index is 759. The Balaban J connectivity index is 1.90. The van der Waals surface area contributed by atoms with E-state index < -0.39 is 0 Å². The van der Waals surface area contributed by atoms with Gasteiger partial charge in [-0.1, -0.05) is 66.7 Å². The maximum absolute atomic E-state index is 12.7. The van der Waals surface area contributed by atoms with Gasteiger partial charge in [0.05, 0.1) is 0 Å². The lowest BCUT2D eigenvalue weighted by molar-refractivity contribution is 0.0787. The lowest BCUT2D eigenvalue weighted by atomic mass is 10.0. The smallest absolute Gasteiger partial charge is 0.254 e. The number of rotatable bonds is 3. The highest BCUT2D eigenvalue weighted by Gasteiger charge is 2.14. The summed E-state index contributed by atoms with van der Waals surface area (Å²) in [6.07, 6.45) is 0. The van der Waals surface area contributed by atoms with E-state index >= 15 is 0 Å². The molecule has 0 heterocycles. The van der Waals surface area contributed by atoms with Gasteiger partial charge in [-0.2, -0.15) is 0 Å². The van der Waals surface area contributed by atoms with Crippen LogP contribution in [0.2, 0.25) is 0 Å². The van der Waals surface area contributed by atoms with Crippen molar-refractivity contribution in [3.8, 4) is 0 Å². The third-order valence-corrected chi connectivity index (χ3v) is 3.63. The molecule has 0 aliphatic heterocycles. The predicted octanol–water partition coefficient (Wildman–Crippen LogP) is 4.11. The Morgan fingerprint density at radius 1 is 0.857 bits per heavy atom. The zero-order valence-electron chi connectivity index (χ0n) is 12.0. The molecule has 0 saturated heterocycles. The first-order valence-electron chi connectivity index (χ1n) is 7.03. The monoisotopic (exact) mass is 275 g/mol. The largest absolute Gasteiger partial charge is 0.337 e. The van der Waals surface area contributed by atoms with Crippen molar-refractivity contribution < 1.29 is 4.79 Å². The van der Waals surface area contributed by atoms with Gasteiger partial charge in [-0.3, -0.25) is 4.79 Å². The van der Waals surface area contributed by atoms with E-state index in [1.54, 1.807) is 4.90 Å². The first-order valence-corrected chi connectivity index (χ1v) is 7.03. The number of fused-ring (bicyclic) bond motifs is 1. The van der Waals surface area contributed by atoms with Crippen LogP contribution in [0.25, 0.3) is 10.8 Å². The highest BCUT2D eigenvalue weighted by molar-refractivity contribution is 6.06. The molecule has 0 spiro atoms. The molecule has 0 radical (unpaired) electrons. The number of nitrogens with zero attached hydrogens (tertiary/aromatic N) is 1. The maximum atomic E-state index is 12.7. The fourth-order valence-electron chi connectivity index (χ4n) is 2.55. The van der Waals surface area contributed by atoms with Crippen molar-refractivity contribution in [2.75, 3.05) is 7.05 Å². The van der Waals surface area contributed by atoms with Crippen LogP contribution in [0.1, 0.15) is 15.9 Å². The van der Waals surface area contributed by atoms with Gasteiger partial charge in [0.1, 0.15) is 0 Å². The summed E-state index contributed by atoms with van der Waals surface area (Å²) in [7, 11) is 1.84. The molecule has 0 N–H and O–H groups in total. The highest BCUT2D eigenvalue weighted by Crippen LogP contribution is 2.20. The van der Waals surface area contributed by atoms with Crippen LogP contribution in [0.5, 0.6) is 0 Å². The van der Waals surface area contributed by atoms with Crippen molar-refractivity contribution in [2.45, 2.75) is 6.54 Å². The Labute approximate surface area is 124 Å². The number of amides is 1. The quantitative estimate of drug-likeness (QED) is 0.704. The van der Waals surface area contributed by atoms with Gasteiger partial charge >= 0.3 is 0 Å². The molecule has 0 fully saturated rings. The van der Waals surface area contributed by atoms with E-state index in [0.717, 1.165) is 21.9 Å². The molecule has 104 valence electrons. The summed E-state index contributed by atoms with van der Waals surface area (Å²) in [5.74, 6) is 0.0515.